The van der Waals surface area contributed by atoms with Gasteiger partial charge in [0.05, 0.1) is 11.1 Å². The summed E-state index contributed by atoms with van der Waals surface area (Å²) in [5, 5.41) is 16.4. The summed E-state index contributed by atoms with van der Waals surface area (Å²) in [5.41, 5.74) is 1.02. The molecule has 2 fully saturated rings. The van der Waals surface area contributed by atoms with Gasteiger partial charge in [0.15, 0.2) is 0 Å². The Morgan fingerprint density at radius 3 is 2.96 bits per heavy atom. The first-order chi connectivity index (χ1) is 11.0. The maximum absolute atomic E-state index is 12.4. The summed E-state index contributed by atoms with van der Waals surface area (Å²) in [6.45, 7) is 5.01. The Morgan fingerprint density at radius 1 is 1.52 bits per heavy atom. The number of carbonyl (C=O) groups excluding carboxylic acids is 1. The molecular weight excluding hydrogens is 298 g/mol. The monoisotopic (exact) mass is 321 g/mol. The Bertz CT molecular complexity index is 627. The lowest BCUT2D eigenvalue weighted by Gasteiger charge is -2.23. The lowest BCUT2D eigenvalue weighted by atomic mass is 9.81. The molecule has 1 aromatic heterocycles. The number of carboxylic acids is 1. The number of amides is 2. The van der Waals surface area contributed by atoms with Gasteiger partial charge in [-0.3, -0.25) is 4.79 Å². The minimum Gasteiger partial charge on any atom is -0.481 e. The molecule has 1 aliphatic heterocycles. The number of urea groups is 1. The fraction of sp³-hybridized carbons (Fsp3) is 0.688. The Morgan fingerprint density at radius 2 is 2.30 bits per heavy atom. The summed E-state index contributed by atoms with van der Waals surface area (Å²) >= 11 is 0. The maximum Gasteiger partial charge on any atom is 0.317 e. The highest BCUT2D eigenvalue weighted by atomic mass is 16.5. The highest BCUT2D eigenvalue weighted by Gasteiger charge is 2.55. The molecule has 1 aliphatic carbocycles. The van der Waals surface area contributed by atoms with Crippen LogP contribution in [0.25, 0.3) is 0 Å². The van der Waals surface area contributed by atoms with Gasteiger partial charge >= 0.3 is 12.0 Å². The predicted octanol–water partition coefficient (Wildman–Crippen LogP) is 1.94. The summed E-state index contributed by atoms with van der Waals surface area (Å²) in [4.78, 5) is 25.7. The van der Waals surface area contributed by atoms with Crippen molar-refractivity contribution >= 4 is 12.0 Å². The van der Waals surface area contributed by atoms with Crippen molar-refractivity contribution in [3.8, 4) is 0 Å². The van der Waals surface area contributed by atoms with E-state index in [-0.39, 0.29) is 11.9 Å². The average Bonchev–Trinajstić information content (AvgIpc) is 3.16. The molecule has 7 heteroatoms. The topological polar surface area (TPSA) is 95.7 Å². The zero-order chi connectivity index (χ0) is 16.6. The number of hydrogen-bond acceptors (Lipinski definition) is 4. The quantitative estimate of drug-likeness (QED) is 0.883. The van der Waals surface area contributed by atoms with Crippen LogP contribution in [0.15, 0.2) is 4.52 Å². The van der Waals surface area contributed by atoms with Crippen molar-refractivity contribution in [2.45, 2.75) is 46.1 Å². The van der Waals surface area contributed by atoms with Crippen LogP contribution in [0.1, 0.15) is 43.2 Å². The van der Waals surface area contributed by atoms with Crippen molar-refractivity contribution in [3.63, 3.8) is 0 Å². The molecule has 1 aromatic rings. The molecule has 1 saturated carbocycles. The molecule has 0 radical (unpaired) electrons. The van der Waals surface area contributed by atoms with Crippen molar-refractivity contribution in [2.24, 2.45) is 11.3 Å². The van der Waals surface area contributed by atoms with E-state index in [1.165, 1.54) is 0 Å². The molecule has 0 aromatic carbocycles. The van der Waals surface area contributed by atoms with Gasteiger partial charge in [0.1, 0.15) is 5.76 Å². The van der Waals surface area contributed by atoms with Crippen molar-refractivity contribution in [1.29, 1.82) is 0 Å². The van der Waals surface area contributed by atoms with Crippen molar-refractivity contribution < 1.29 is 19.2 Å². The molecule has 2 aliphatic rings. The zero-order valence-electron chi connectivity index (χ0n) is 13.6. The van der Waals surface area contributed by atoms with Crippen LogP contribution in [-0.4, -0.2) is 40.3 Å². The SMILES string of the molecule is CCc1noc(C)c1CNC(=O)N1C[C@@H]2CCC[C@@]2(C(=O)O)C1. The minimum absolute atomic E-state index is 0.0780. The Kier molecular flexibility index (Phi) is 4.04. The summed E-state index contributed by atoms with van der Waals surface area (Å²) < 4.78 is 5.16. The molecule has 23 heavy (non-hydrogen) atoms. The van der Waals surface area contributed by atoms with Gasteiger partial charge in [-0.2, -0.15) is 0 Å². The molecule has 2 amide bonds. The largest absolute Gasteiger partial charge is 0.481 e. The van der Waals surface area contributed by atoms with Crippen LogP contribution in [0, 0.1) is 18.3 Å². The number of aromatic nitrogens is 1. The van der Waals surface area contributed by atoms with E-state index in [0.717, 1.165) is 30.5 Å². The van der Waals surface area contributed by atoms with Crippen molar-refractivity contribution in [2.75, 3.05) is 13.1 Å². The second kappa shape index (κ2) is 5.86. The number of nitrogens with one attached hydrogen (secondary N) is 1. The third kappa shape index (κ3) is 2.58. The average molecular weight is 321 g/mol. The minimum atomic E-state index is -0.765. The van der Waals surface area contributed by atoms with E-state index in [1.807, 2.05) is 13.8 Å². The van der Waals surface area contributed by atoms with Crippen LogP contribution < -0.4 is 5.32 Å². The van der Waals surface area contributed by atoms with E-state index in [4.69, 9.17) is 4.52 Å². The number of rotatable bonds is 4. The lowest BCUT2D eigenvalue weighted by Crippen LogP contribution is -2.41. The van der Waals surface area contributed by atoms with Gasteiger partial charge in [-0.15, -0.1) is 0 Å². The highest BCUT2D eigenvalue weighted by molar-refractivity contribution is 5.80. The van der Waals surface area contributed by atoms with E-state index in [0.29, 0.717) is 31.8 Å². The van der Waals surface area contributed by atoms with Crippen LogP contribution in [0.4, 0.5) is 4.79 Å². The fourth-order valence-electron chi connectivity index (χ4n) is 4.01. The van der Waals surface area contributed by atoms with Crippen molar-refractivity contribution in [3.05, 3.63) is 17.0 Å². The van der Waals surface area contributed by atoms with Gasteiger partial charge in [0, 0.05) is 25.2 Å². The van der Waals surface area contributed by atoms with Crippen LogP contribution in [-0.2, 0) is 17.8 Å². The summed E-state index contributed by atoms with van der Waals surface area (Å²) in [7, 11) is 0. The molecule has 1 saturated heterocycles. The molecule has 0 unspecified atom stereocenters. The predicted molar refractivity (Wildman–Crippen MR) is 81.8 cm³/mol. The first-order valence-electron chi connectivity index (χ1n) is 8.18. The van der Waals surface area contributed by atoms with Crippen LogP contribution in [0.5, 0.6) is 0 Å². The van der Waals surface area contributed by atoms with E-state index in [2.05, 4.69) is 10.5 Å². The summed E-state index contributed by atoms with van der Waals surface area (Å²) in [6.07, 6.45) is 3.24. The van der Waals surface area contributed by atoms with Crippen molar-refractivity contribution in [1.82, 2.24) is 15.4 Å². The van der Waals surface area contributed by atoms with Gasteiger partial charge in [0.2, 0.25) is 0 Å². The smallest absolute Gasteiger partial charge is 0.317 e. The Balaban J connectivity index is 1.64. The molecule has 3 rings (SSSR count). The summed E-state index contributed by atoms with van der Waals surface area (Å²) in [6, 6.07) is -0.206. The number of aliphatic carboxylic acids is 1. The summed E-state index contributed by atoms with van der Waals surface area (Å²) in [5.74, 6) is 0.0233. The van der Waals surface area contributed by atoms with Gasteiger partial charge in [-0.25, -0.2) is 4.79 Å². The third-order valence-electron chi connectivity index (χ3n) is 5.40. The standard InChI is InChI=1S/C16H23N3O4/c1-3-13-12(10(2)23-18-13)7-17-15(22)19-8-11-5-4-6-16(11,9-19)14(20)21/h11H,3-9H2,1-2H3,(H,17,22)(H,20,21)/t11-,16+/m0/s1. The van der Waals surface area contributed by atoms with E-state index in [1.54, 1.807) is 4.90 Å². The lowest BCUT2D eigenvalue weighted by molar-refractivity contribution is -0.149. The van der Waals surface area contributed by atoms with E-state index in [9.17, 15) is 14.7 Å². The van der Waals surface area contributed by atoms with Gasteiger partial charge in [0.25, 0.3) is 0 Å². The second-order valence-corrected chi connectivity index (χ2v) is 6.61. The van der Waals surface area contributed by atoms with Crippen LogP contribution in [0.2, 0.25) is 0 Å². The molecule has 2 N–H and O–H groups in total. The first kappa shape index (κ1) is 15.8. The third-order valence-corrected chi connectivity index (χ3v) is 5.40. The molecule has 126 valence electrons. The van der Waals surface area contributed by atoms with E-state index < -0.39 is 11.4 Å². The Labute approximate surface area is 135 Å². The van der Waals surface area contributed by atoms with Crippen LogP contribution in [0.3, 0.4) is 0 Å². The number of hydrogen-bond donors (Lipinski definition) is 2. The number of carbonyl (C=O) groups is 2. The maximum atomic E-state index is 12.4. The first-order valence-corrected chi connectivity index (χ1v) is 8.18. The molecule has 2 atom stereocenters. The molecule has 2 heterocycles. The highest BCUT2D eigenvalue weighted by Crippen LogP contribution is 2.48. The van der Waals surface area contributed by atoms with Crippen LogP contribution >= 0.6 is 0 Å². The fourth-order valence-corrected chi connectivity index (χ4v) is 4.01. The number of nitrogens with zero attached hydrogens (tertiary/aromatic N) is 2. The zero-order valence-corrected chi connectivity index (χ0v) is 13.6. The number of fused-ring (bicyclic) bond motifs is 1. The molecule has 7 nitrogen and oxygen atoms in total. The molecular formula is C16H23N3O4. The van der Waals surface area contributed by atoms with Gasteiger partial charge in [-0.05, 0) is 32.1 Å². The normalized spacial score (nSPS) is 26.3. The van der Waals surface area contributed by atoms with Gasteiger partial charge < -0.3 is 19.8 Å². The van der Waals surface area contributed by atoms with E-state index >= 15 is 0 Å². The molecule has 0 bridgehead atoms. The van der Waals surface area contributed by atoms with Gasteiger partial charge in [-0.1, -0.05) is 18.5 Å². The number of carboxylic acid groups (broad SMARTS) is 1. The number of likely N-dealkylation sites (tertiary alicyclic amines) is 1. The number of aryl methyl sites for hydroxylation is 2. The molecule has 0 spiro atoms. The Hall–Kier alpha value is -2.05. The second-order valence-electron chi connectivity index (χ2n) is 6.61.